The highest BCUT2D eigenvalue weighted by molar-refractivity contribution is 5.98. The summed E-state index contributed by atoms with van der Waals surface area (Å²) in [5.74, 6) is -1.36. The smallest absolute Gasteiger partial charge is 0.416 e. The fourth-order valence-corrected chi connectivity index (χ4v) is 4.84. The minimum Gasteiger partial charge on any atom is -0.451 e. The van der Waals surface area contributed by atoms with Crippen LogP contribution in [0.1, 0.15) is 34.5 Å². The summed E-state index contributed by atoms with van der Waals surface area (Å²) in [6.07, 6.45) is -1.61. The van der Waals surface area contributed by atoms with E-state index in [-0.39, 0.29) is 35.4 Å². The minimum atomic E-state index is -4.51. The number of halogens is 4. The van der Waals surface area contributed by atoms with Crippen molar-refractivity contribution in [2.45, 2.75) is 31.0 Å². The van der Waals surface area contributed by atoms with Crippen molar-refractivity contribution in [1.29, 1.82) is 0 Å². The number of fused-ring (bicyclic) bond motifs is 1. The number of carbonyl (C=O) groups excluding carboxylic acids is 2. The third kappa shape index (κ3) is 5.68. The molecule has 11 heteroatoms. The number of hydrogen-bond donors (Lipinski definition) is 4. The van der Waals surface area contributed by atoms with Gasteiger partial charge < -0.3 is 25.4 Å². The van der Waals surface area contributed by atoms with Gasteiger partial charge in [0.25, 0.3) is 5.91 Å². The number of furan rings is 1. The van der Waals surface area contributed by atoms with E-state index in [0.717, 1.165) is 28.6 Å². The number of nitrogens with one attached hydrogen (secondary N) is 4. The van der Waals surface area contributed by atoms with E-state index in [1.54, 1.807) is 12.3 Å². The van der Waals surface area contributed by atoms with Crippen molar-refractivity contribution in [2.24, 2.45) is 0 Å². The summed E-state index contributed by atoms with van der Waals surface area (Å²) in [6.45, 7) is 1.28. The predicted octanol–water partition coefficient (Wildman–Crippen LogP) is 4.80. The molecule has 2 amide bonds. The van der Waals surface area contributed by atoms with Gasteiger partial charge >= 0.3 is 6.18 Å². The van der Waals surface area contributed by atoms with Crippen LogP contribution in [0.3, 0.4) is 0 Å². The molecule has 39 heavy (non-hydrogen) atoms. The first kappa shape index (κ1) is 26.5. The Bertz CT molecular complexity index is 1500. The fourth-order valence-electron chi connectivity index (χ4n) is 4.84. The molecule has 0 unspecified atom stereocenters. The lowest BCUT2D eigenvalue weighted by atomic mass is 9.87. The van der Waals surface area contributed by atoms with Crippen molar-refractivity contribution < 1.29 is 31.6 Å². The first-order chi connectivity index (χ1) is 18.6. The topological polar surface area (TPSA) is 99.2 Å². The average molecular weight is 543 g/mol. The van der Waals surface area contributed by atoms with E-state index in [1.807, 2.05) is 0 Å². The van der Waals surface area contributed by atoms with E-state index in [2.05, 4.69) is 20.9 Å². The molecule has 2 aromatic carbocycles. The van der Waals surface area contributed by atoms with Gasteiger partial charge in [0.15, 0.2) is 5.76 Å². The summed E-state index contributed by atoms with van der Waals surface area (Å²) >= 11 is 0. The average Bonchev–Trinajstić information content (AvgIpc) is 3.57. The van der Waals surface area contributed by atoms with E-state index < -0.39 is 23.2 Å². The molecule has 3 heterocycles. The highest BCUT2D eigenvalue weighted by Crippen LogP contribution is 2.33. The number of amides is 2. The van der Waals surface area contributed by atoms with Gasteiger partial charge in [-0.05, 0) is 80.4 Å². The van der Waals surface area contributed by atoms with Crippen LogP contribution < -0.4 is 16.0 Å². The summed E-state index contributed by atoms with van der Waals surface area (Å²) in [4.78, 5) is 29.5. The third-order valence-electron chi connectivity index (χ3n) is 6.96. The van der Waals surface area contributed by atoms with Crippen molar-refractivity contribution in [1.82, 2.24) is 20.9 Å². The van der Waals surface area contributed by atoms with E-state index in [1.165, 1.54) is 36.4 Å². The molecule has 1 aliphatic rings. The van der Waals surface area contributed by atoms with Gasteiger partial charge in [0, 0.05) is 29.2 Å². The zero-order valence-electron chi connectivity index (χ0n) is 20.8. The maximum atomic E-state index is 13.7. The maximum Gasteiger partial charge on any atom is 0.416 e. The Morgan fingerprint density at radius 1 is 1.03 bits per heavy atom. The van der Waals surface area contributed by atoms with Crippen molar-refractivity contribution in [2.75, 3.05) is 19.6 Å². The summed E-state index contributed by atoms with van der Waals surface area (Å²) in [7, 11) is 0. The van der Waals surface area contributed by atoms with E-state index in [0.29, 0.717) is 32.4 Å². The molecule has 1 aliphatic heterocycles. The lowest BCUT2D eigenvalue weighted by Crippen LogP contribution is -2.63. The third-order valence-corrected chi connectivity index (χ3v) is 6.96. The zero-order valence-corrected chi connectivity index (χ0v) is 20.8. The van der Waals surface area contributed by atoms with Crippen LogP contribution in [0.5, 0.6) is 0 Å². The van der Waals surface area contributed by atoms with Gasteiger partial charge in [-0.1, -0.05) is 12.1 Å². The van der Waals surface area contributed by atoms with E-state index in [9.17, 15) is 27.2 Å². The highest BCUT2D eigenvalue weighted by atomic mass is 19.4. The standard InChI is InChI=1S/C28H26F4N4O3/c29-20-4-5-22-21(15-20)18(16-35-22)8-11-34-26(38)27(9-12-33-13-10-27)36-25(37)24-7-6-23(39-24)17-2-1-3-19(14-17)28(30,31)32/h1-7,14-16,33,35H,8-13H2,(H,34,38)(H,36,37). The first-order valence-corrected chi connectivity index (χ1v) is 12.5. The Morgan fingerprint density at radius 2 is 1.82 bits per heavy atom. The van der Waals surface area contributed by atoms with Gasteiger partial charge in [0.05, 0.1) is 5.56 Å². The fraction of sp³-hybridized carbons (Fsp3) is 0.286. The quantitative estimate of drug-likeness (QED) is 0.252. The zero-order chi connectivity index (χ0) is 27.6. The Balaban J connectivity index is 1.27. The number of hydrogen-bond acceptors (Lipinski definition) is 4. The number of benzene rings is 2. The Kier molecular flexibility index (Phi) is 7.17. The molecule has 2 aromatic heterocycles. The lowest BCUT2D eigenvalue weighted by molar-refractivity contribution is -0.137. The van der Waals surface area contributed by atoms with E-state index >= 15 is 0 Å². The largest absolute Gasteiger partial charge is 0.451 e. The number of alkyl halides is 3. The summed E-state index contributed by atoms with van der Waals surface area (Å²) < 4.78 is 58.5. The number of H-pyrrole nitrogens is 1. The monoisotopic (exact) mass is 542 g/mol. The number of carbonyl (C=O) groups is 2. The molecule has 4 N–H and O–H groups in total. The molecule has 0 bridgehead atoms. The SMILES string of the molecule is O=C(NC1(C(=O)NCCc2c[nH]c3ccc(F)cc23)CCNCC1)c1ccc(-c2cccc(C(F)(F)F)c2)o1. The molecule has 5 rings (SSSR count). The molecular formula is C28H26F4N4O3. The second-order valence-electron chi connectivity index (χ2n) is 9.54. The predicted molar refractivity (Wildman–Crippen MR) is 136 cm³/mol. The van der Waals surface area contributed by atoms with Crippen molar-refractivity contribution in [3.8, 4) is 11.3 Å². The summed E-state index contributed by atoms with van der Waals surface area (Å²) in [6, 6.07) is 11.9. The van der Waals surface area contributed by atoms with Crippen LogP contribution in [0.2, 0.25) is 0 Å². The van der Waals surface area contributed by atoms with E-state index in [4.69, 9.17) is 4.42 Å². The Morgan fingerprint density at radius 3 is 2.59 bits per heavy atom. The van der Waals surface area contributed by atoms with Gasteiger partial charge in [-0.2, -0.15) is 13.2 Å². The molecular weight excluding hydrogens is 516 g/mol. The number of rotatable bonds is 7. The van der Waals surface area contributed by atoms with Crippen LogP contribution in [-0.4, -0.2) is 42.0 Å². The first-order valence-electron chi connectivity index (χ1n) is 12.5. The molecule has 0 atom stereocenters. The maximum absolute atomic E-state index is 13.7. The second-order valence-corrected chi connectivity index (χ2v) is 9.54. The summed E-state index contributed by atoms with van der Waals surface area (Å²) in [5.41, 5.74) is -0.202. The normalized spacial score (nSPS) is 15.3. The van der Waals surface area contributed by atoms with Gasteiger partial charge in [0.1, 0.15) is 17.1 Å². The Hall–Kier alpha value is -4.12. The molecule has 0 radical (unpaired) electrons. The van der Waals surface area contributed by atoms with Gasteiger partial charge in [0.2, 0.25) is 5.91 Å². The van der Waals surface area contributed by atoms with Crippen molar-refractivity contribution in [3.63, 3.8) is 0 Å². The molecule has 0 spiro atoms. The molecule has 204 valence electrons. The number of aromatic nitrogens is 1. The molecule has 0 saturated carbocycles. The minimum absolute atomic E-state index is 0.102. The van der Waals surface area contributed by atoms with Crippen LogP contribution in [0.15, 0.2) is 65.2 Å². The van der Waals surface area contributed by atoms with Crippen LogP contribution in [0.25, 0.3) is 22.2 Å². The lowest BCUT2D eigenvalue weighted by Gasteiger charge is -2.36. The van der Waals surface area contributed by atoms with Gasteiger partial charge in [-0.15, -0.1) is 0 Å². The van der Waals surface area contributed by atoms with Crippen LogP contribution in [0.4, 0.5) is 17.6 Å². The van der Waals surface area contributed by atoms with Gasteiger partial charge in [-0.3, -0.25) is 9.59 Å². The van der Waals surface area contributed by atoms with Crippen LogP contribution >= 0.6 is 0 Å². The highest BCUT2D eigenvalue weighted by Gasteiger charge is 2.41. The molecule has 1 fully saturated rings. The number of piperidine rings is 1. The molecule has 1 saturated heterocycles. The molecule has 0 aliphatic carbocycles. The molecule has 7 nitrogen and oxygen atoms in total. The Labute approximate surface area is 221 Å². The summed E-state index contributed by atoms with van der Waals surface area (Å²) in [5, 5.41) is 9.61. The number of aromatic amines is 1. The molecule has 4 aromatic rings. The van der Waals surface area contributed by atoms with Crippen LogP contribution in [0, 0.1) is 5.82 Å². The van der Waals surface area contributed by atoms with Gasteiger partial charge in [-0.25, -0.2) is 4.39 Å². The van der Waals surface area contributed by atoms with Crippen molar-refractivity contribution in [3.05, 3.63) is 83.5 Å². The van der Waals surface area contributed by atoms with Crippen molar-refractivity contribution >= 4 is 22.7 Å². The van der Waals surface area contributed by atoms with Crippen LogP contribution in [-0.2, 0) is 17.4 Å². The second kappa shape index (κ2) is 10.6.